The predicted molar refractivity (Wildman–Crippen MR) is 84.4 cm³/mol. The van der Waals surface area contributed by atoms with Crippen molar-refractivity contribution in [1.82, 2.24) is 5.32 Å². The first-order valence-corrected chi connectivity index (χ1v) is 9.05. The van der Waals surface area contributed by atoms with E-state index in [4.69, 9.17) is 0 Å². The number of nitrogens with one attached hydrogen (secondary N) is 2. The molecule has 1 atom stereocenters. The minimum Gasteiger partial charge on any atom is -0.344 e. The fraction of sp³-hybridized carbons (Fsp3) is 0.467. The Morgan fingerprint density at radius 3 is 2.59 bits per heavy atom. The molecule has 22 heavy (non-hydrogen) atoms. The Balaban J connectivity index is 2.02. The smallest absolute Gasteiger partial charge is 0.313 e. The van der Waals surface area contributed by atoms with Crippen LogP contribution in [0.15, 0.2) is 18.2 Å². The van der Waals surface area contributed by atoms with Gasteiger partial charge in [0.05, 0.1) is 11.5 Å². The van der Waals surface area contributed by atoms with Crippen molar-refractivity contribution in [3.05, 3.63) is 29.3 Å². The number of sulfone groups is 1. The Labute approximate surface area is 130 Å². The number of amides is 2. The molecule has 6 nitrogen and oxygen atoms in total. The highest BCUT2D eigenvalue weighted by Gasteiger charge is 2.30. The molecular weight excluding hydrogens is 304 g/mol. The van der Waals surface area contributed by atoms with Gasteiger partial charge >= 0.3 is 11.8 Å². The van der Waals surface area contributed by atoms with Gasteiger partial charge in [0.2, 0.25) is 0 Å². The van der Waals surface area contributed by atoms with Gasteiger partial charge in [0.15, 0.2) is 9.84 Å². The number of hydrogen-bond acceptors (Lipinski definition) is 4. The summed E-state index contributed by atoms with van der Waals surface area (Å²) in [6.07, 6.45) is 1.09. The monoisotopic (exact) mass is 324 g/mol. The Morgan fingerprint density at radius 1 is 1.27 bits per heavy atom. The molecule has 0 radical (unpaired) electrons. The van der Waals surface area contributed by atoms with Gasteiger partial charge in [-0.15, -0.1) is 0 Å². The summed E-state index contributed by atoms with van der Waals surface area (Å²) in [5.74, 6) is -1.62. The lowest BCUT2D eigenvalue weighted by Crippen LogP contribution is -2.42. The molecule has 2 amide bonds. The van der Waals surface area contributed by atoms with Gasteiger partial charge < -0.3 is 10.6 Å². The topological polar surface area (TPSA) is 92.3 Å². The Bertz CT molecular complexity index is 697. The van der Waals surface area contributed by atoms with Crippen molar-refractivity contribution in [2.24, 2.45) is 0 Å². The maximum absolute atomic E-state index is 12.0. The van der Waals surface area contributed by atoms with Crippen molar-refractivity contribution in [3.8, 4) is 0 Å². The third kappa shape index (κ3) is 3.85. The Kier molecular flexibility index (Phi) is 4.85. The normalized spacial score (nSPS) is 19.6. The van der Waals surface area contributed by atoms with Gasteiger partial charge in [0, 0.05) is 11.7 Å². The number of carbonyl (C=O) groups excluding carboxylic acids is 2. The van der Waals surface area contributed by atoms with Gasteiger partial charge in [-0.2, -0.15) is 0 Å². The van der Waals surface area contributed by atoms with Crippen LogP contribution in [0.4, 0.5) is 5.69 Å². The zero-order valence-corrected chi connectivity index (χ0v) is 13.5. The highest BCUT2D eigenvalue weighted by Crippen LogP contribution is 2.21. The average molecular weight is 324 g/mol. The van der Waals surface area contributed by atoms with Crippen molar-refractivity contribution >= 4 is 27.3 Å². The molecule has 2 rings (SSSR count). The second-order valence-electron chi connectivity index (χ2n) is 5.49. The van der Waals surface area contributed by atoms with Crippen LogP contribution >= 0.6 is 0 Å². The van der Waals surface area contributed by atoms with Gasteiger partial charge in [0.1, 0.15) is 0 Å². The molecule has 1 aromatic carbocycles. The quantitative estimate of drug-likeness (QED) is 0.804. The highest BCUT2D eigenvalue weighted by molar-refractivity contribution is 7.91. The molecule has 120 valence electrons. The lowest BCUT2D eigenvalue weighted by atomic mass is 10.1. The minimum absolute atomic E-state index is 0.0529. The Hall–Kier alpha value is -1.89. The van der Waals surface area contributed by atoms with Crippen LogP contribution in [0.3, 0.4) is 0 Å². The van der Waals surface area contributed by atoms with Crippen LogP contribution in [-0.2, 0) is 25.8 Å². The molecule has 1 aliphatic heterocycles. The number of anilines is 1. The summed E-state index contributed by atoms with van der Waals surface area (Å²) in [7, 11) is -3.09. The molecule has 0 aromatic heterocycles. The number of hydrogen-bond donors (Lipinski definition) is 2. The van der Waals surface area contributed by atoms with Gasteiger partial charge in [0.25, 0.3) is 0 Å². The van der Waals surface area contributed by atoms with Gasteiger partial charge in [-0.3, -0.25) is 9.59 Å². The van der Waals surface area contributed by atoms with Crippen molar-refractivity contribution < 1.29 is 18.0 Å². The molecule has 0 spiro atoms. The molecule has 1 saturated heterocycles. The average Bonchev–Trinajstić information content (AvgIpc) is 2.79. The van der Waals surface area contributed by atoms with E-state index in [0.717, 1.165) is 17.5 Å². The molecule has 1 fully saturated rings. The van der Waals surface area contributed by atoms with E-state index in [9.17, 15) is 18.0 Å². The summed E-state index contributed by atoms with van der Waals surface area (Å²) in [6, 6.07) is 5.17. The van der Waals surface area contributed by atoms with Crippen molar-refractivity contribution in [2.45, 2.75) is 32.7 Å². The maximum atomic E-state index is 12.0. The van der Waals surface area contributed by atoms with E-state index >= 15 is 0 Å². The fourth-order valence-electron chi connectivity index (χ4n) is 2.53. The lowest BCUT2D eigenvalue weighted by Gasteiger charge is -2.14. The second-order valence-corrected chi connectivity index (χ2v) is 7.72. The summed E-state index contributed by atoms with van der Waals surface area (Å²) in [5, 5.41) is 5.11. The van der Waals surface area contributed by atoms with E-state index in [1.54, 1.807) is 0 Å². The summed E-state index contributed by atoms with van der Waals surface area (Å²) in [5.41, 5.74) is 2.47. The van der Waals surface area contributed by atoms with Crippen LogP contribution in [0.1, 0.15) is 24.5 Å². The van der Waals surface area contributed by atoms with E-state index in [1.165, 1.54) is 0 Å². The van der Waals surface area contributed by atoms with Crippen molar-refractivity contribution in [2.75, 3.05) is 16.8 Å². The standard InChI is InChI=1S/C15H20N2O4S/c1-3-11-6-4-5-10(2)13(11)17-15(19)14(18)16-12-7-8-22(20,21)9-12/h4-6,12H,3,7-9H2,1-2H3,(H,16,18)(H,17,19). The minimum atomic E-state index is -3.09. The summed E-state index contributed by atoms with van der Waals surface area (Å²) >= 11 is 0. The van der Waals surface area contributed by atoms with Gasteiger partial charge in [-0.05, 0) is 30.9 Å². The second kappa shape index (κ2) is 6.48. The number of aryl methyl sites for hydroxylation is 2. The molecule has 0 bridgehead atoms. The van der Waals surface area contributed by atoms with Crippen molar-refractivity contribution in [3.63, 3.8) is 0 Å². The van der Waals surface area contributed by atoms with Crippen molar-refractivity contribution in [1.29, 1.82) is 0 Å². The number of carbonyl (C=O) groups is 2. The van der Waals surface area contributed by atoms with E-state index in [2.05, 4.69) is 10.6 Å². The van der Waals surface area contributed by atoms with Crippen LogP contribution in [-0.4, -0.2) is 37.8 Å². The van der Waals surface area contributed by atoms with Crippen LogP contribution < -0.4 is 10.6 Å². The van der Waals surface area contributed by atoms with Crippen LogP contribution in [0, 0.1) is 6.92 Å². The SMILES string of the molecule is CCc1cccc(C)c1NC(=O)C(=O)NC1CCS(=O)(=O)C1. The van der Waals surface area contributed by atoms with E-state index in [-0.39, 0.29) is 11.5 Å². The lowest BCUT2D eigenvalue weighted by molar-refractivity contribution is -0.136. The summed E-state index contributed by atoms with van der Waals surface area (Å²) in [4.78, 5) is 23.9. The predicted octanol–water partition coefficient (Wildman–Crippen LogP) is 0.799. The van der Waals surface area contributed by atoms with Crippen LogP contribution in [0.2, 0.25) is 0 Å². The molecular formula is C15H20N2O4S. The van der Waals surface area contributed by atoms with Gasteiger partial charge in [-0.1, -0.05) is 25.1 Å². The Morgan fingerprint density at radius 2 is 2.00 bits per heavy atom. The maximum Gasteiger partial charge on any atom is 0.313 e. The molecule has 1 aliphatic rings. The first-order chi connectivity index (χ1) is 10.3. The summed E-state index contributed by atoms with van der Waals surface area (Å²) < 4.78 is 22.7. The molecule has 2 N–H and O–H groups in total. The molecule has 0 aliphatic carbocycles. The highest BCUT2D eigenvalue weighted by atomic mass is 32.2. The number of rotatable bonds is 3. The van der Waals surface area contributed by atoms with Crippen LogP contribution in [0.5, 0.6) is 0 Å². The molecule has 7 heteroatoms. The van der Waals surface area contributed by atoms with E-state index in [1.807, 2.05) is 32.0 Å². The molecule has 1 aromatic rings. The third-order valence-corrected chi connectivity index (χ3v) is 5.52. The summed E-state index contributed by atoms with van der Waals surface area (Å²) in [6.45, 7) is 3.82. The fourth-order valence-corrected chi connectivity index (χ4v) is 4.21. The first-order valence-electron chi connectivity index (χ1n) is 7.23. The first kappa shape index (κ1) is 16.5. The molecule has 1 heterocycles. The van der Waals surface area contributed by atoms with E-state index in [0.29, 0.717) is 12.1 Å². The number of para-hydroxylation sites is 1. The van der Waals surface area contributed by atoms with E-state index < -0.39 is 27.7 Å². The van der Waals surface area contributed by atoms with Crippen LogP contribution in [0.25, 0.3) is 0 Å². The zero-order valence-electron chi connectivity index (χ0n) is 12.7. The van der Waals surface area contributed by atoms with Gasteiger partial charge in [-0.25, -0.2) is 8.42 Å². The largest absolute Gasteiger partial charge is 0.344 e. The molecule has 1 unspecified atom stereocenters. The molecule has 0 saturated carbocycles. The third-order valence-electron chi connectivity index (χ3n) is 3.75. The zero-order chi connectivity index (χ0) is 16.3. The number of benzene rings is 1.